The van der Waals surface area contributed by atoms with Crippen LogP contribution in [0.3, 0.4) is 0 Å². The second-order valence-electron chi connectivity index (χ2n) is 6.13. The molecular weight excluding hydrogens is 356 g/mol. The van der Waals surface area contributed by atoms with E-state index in [1.54, 1.807) is 48.5 Å². The lowest BCUT2D eigenvalue weighted by Crippen LogP contribution is -2.22. The highest BCUT2D eigenvalue weighted by Crippen LogP contribution is 2.23. The first kappa shape index (κ1) is 18.8. The molecule has 0 saturated heterocycles. The molecule has 0 unspecified atom stereocenters. The molecule has 2 aromatic carbocycles. The number of aromatic nitrogens is 1. The van der Waals surface area contributed by atoms with Crippen LogP contribution in [0, 0.1) is 11.3 Å². The lowest BCUT2D eigenvalue weighted by Gasteiger charge is -2.12. The molecule has 0 fully saturated rings. The topological polar surface area (TPSA) is 100 Å². The van der Waals surface area contributed by atoms with Crippen molar-refractivity contribution in [2.24, 2.45) is 0 Å². The van der Waals surface area contributed by atoms with Gasteiger partial charge in [0.05, 0.1) is 18.1 Å². The second-order valence-corrected chi connectivity index (χ2v) is 6.13. The van der Waals surface area contributed by atoms with E-state index in [1.807, 2.05) is 6.07 Å². The summed E-state index contributed by atoms with van der Waals surface area (Å²) in [5.41, 5.74) is 1.36. The maximum absolute atomic E-state index is 13.1. The van der Waals surface area contributed by atoms with Crippen LogP contribution >= 0.6 is 0 Å². The zero-order valence-corrected chi connectivity index (χ0v) is 14.8. The Bertz CT molecular complexity index is 1140. The zero-order valence-electron chi connectivity index (χ0n) is 14.8. The van der Waals surface area contributed by atoms with Crippen molar-refractivity contribution in [1.82, 2.24) is 4.57 Å². The van der Waals surface area contributed by atoms with E-state index in [0.717, 1.165) is 0 Å². The highest BCUT2D eigenvalue weighted by Gasteiger charge is 2.17. The summed E-state index contributed by atoms with van der Waals surface area (Å²) in [7, 11) is 0. The molecule has 0 bridgehead atoms. The minimum Gasteiger partial charge on any atom is -0.481 e. The monoisotopic (exact) mass is 372 g/mol. The molecule has 0 aliphatic rings. The standard InChI is InChI=1S/C22H16N2O4/c23-13-15-6-4-5-9-18(15)19-12-16(20(25)10-11-21(26)27)14-24(22(19)28)17-7-2-1-3-8-17/h1-9,12,14H,10-11H2,(H,26,27). The summed E-state index contributed by atoms with van der Waals surface area (Å²) in [4.78, 5) is 36.5. The quantitative estimate of drug-likeness (QED) is 0.668. The molecule has 6 nitrogen and oxygen atoms in total. The molecule has 0 saturated carbocycles. The molecule has 1 N–H and O–H groups in total. The van der Waals surface area contributed by atoms with Gasteiger partial charge in [-0.15, -0.1) is 0 Å². The number of benzene rings is 2. The van der Waals surface area contributed by atoms with Gasteiger partial charge in [0.1, 0.15) is 0 Å². The first-order chi connectivity index (χ1) is 13.5. The largest absolute Gasteiger partial charge is 0.481 e. The summed E-state index contributed by atoms with van der Waals surface area (Å²) < 4.78 is 1.34. The Morgan fingerprint density at radius 1 is 0.964 bits per heavy atom. The van der Waals surface area contributed by atoms with Gasteiger partial charge in [-0.25, -0.2) is 0 Å². The van der Waals surface area contributed by atoms with Gasteiger partial charge in [0.25, 0.3) is 5.56 Å². The predicted octanol–water partition coefficient (Wildman–Crippen LogP) is 3.42. The average Bonchev–Trinajstić information content (AvgIpc) is 2.72. The van der Waals surface area contributed by atoms with Gasteiger partial charge in [0.2, 0.25) is 0 Å². The lowest BCUT2D eigenvalue weighted by atomic mass is 9.98. The van der Waals surface area contributed by atoms with Gasteiger partial charge in [-0.05, 0) is 24.3 Å². The number of carboxylic acid groups (broad SMARTS) is 1. The Kier molecular flexibility index (Phi) is 5.47. The third-order valence-corrected chi connectivity index (χ3v) is 4.28. The maximum Gasteiger partial charge on any atom is 0.303 e. The molecule has 138 valence electrons. The number of carboxylic acids is 1. The number of nitrogens with zero attached hydrogens (tertiary/aromatic N) is 2. The lowest BCUT2D eigenvalue weighted by molar-refractivity contribution is -0.136. The Morgan fingerprint density at radius 3 is 2.32 bits per heavy atom. The van der Waals surface area contributed by atoms with Crippen molar-refractivity contribution in [3.8, 4) is 22.9 Å². The second kappa shape index (κ2) is 8.14. The summed E-state index contributed by atoms with van der Waals surface area (Å²) in [6.45, 7) is 0. The van der Waals surface area contributed by atoms with E-state index >= 15 is 0 Å². The third kappa shape index (κ3) is 3.89. The number of pyridine rings is 1. The molecule has 3 aromatic rings. The van der Waals surface area contributed by atoms with Crippen molar-refractivity contribution in [3.63, 3.8) is 0 Å². The van der Waals surface area contributed by atoms with Crippen LogP contribution < -0.4 is 5.56 Å². The van der Waals surface area contributed by atoms with Crippen molar-refractivity contribution < 1.29 is 14.7 Å². The average molecular weight is 372 g/mol. The van der Waals surface area contributed by atoms with Crippen molar-refractivity contribution in [1.29, 1.82) is 5.26 Å². The van der Waals surface area contributed by atoms with Crippen LogP contribution in [0.2, 0.25) is 0 Å². The fourth-order valence-electron chi connectivity index (χ4n) is 2.89. The zero-order chi connectivity index (χ0) is 20.1. The Labute approximate surface area is 160 Å². The number of aliphatic carboxylic acids is 1. The first-order valence-electron chi connectivity index (χ1n) is 8.58. The van der Waals surface area contributed by atoms with E-state index in [9.17, 15) is 19.6 Å². The number of carbonyl (C=O) groups excluding carboxylic acids is 1. The normalized spacial score (nSPS) is 10.2. The van der Waals surface area contributed by atoms with Crippen LogP contribution in [0.15, 0.2) is 71.7 Å². The molecule has 0 spiro atoms. The van der Waals surface area contributed by atoms with E-state index in [-0.39, 0.29) is 35.3 Å². The minimum atomic E-state index is -1.07. The van der Waals surface area contributed by atoms with Crippen LogP contribution in [-0.2, 0) is 4.79 Å². The molecule has 28 heavy (non-hydrogen) atoms. The summed E-state index contributed by atoms with van der Waals surface area (Å²) in [6, 6.07) is 18.9. The summed E-state index contributed by atoms with van der Waals surface area (Å²) in [5.74, 6) is -1.46. The van der Waals surface area contributed by atoms with Gasteiger partial charge in [-0.3, -0.25) is 19.0 Å². The maximum atomic E-state index is 13.1. The molecule has 0 atom stereocenters. The summed E-state index contributed by atoms with van der Waals surface area (Å²) in [6.07, 6.45) is 0.940. The number of Topliss-reactive ketones (excluding diaryl/α,β-unsaturated/α-hetero) is 1. The van der Waals surface area contributed by atoms with Gasteiger partial charge in [0, 0.05) is 35.0 Å². The van der Waals surface area contributed by atoms with E-state index in [4.69, 9.17) is 5.11 Å². The van der Waals surface area contributed by atoms with E-state index in [0.29, 0.717) is 16.8 Å². The van der Waals surface area contributed by atoms with E-state index < -0.39 is 5.97 Å². The van der Waals surface area contributed by atoms with Gasteiger partial charge >= 0.3 is 5.97 Å². The van der Waals surface area contributed by atoms with Gasteiger partial charge in [-0.1, -0.05) is 36.4 Å². The first-order valence-corrected chi connectivity index (χ1v) is 8.58. The molecule has 6 heteroatoms. The third-order valence-electron chi connectivity index (χ3n) is 4.28. The van der Waals surface area contributed by atoms with Crippen LogP contribution in [0.5, 0.6) is 0 Å². The molecule has 0 aliphatic carbocycles. The number of ketones is 1. The van der Waals surface area contributed by atoms with Gasteiger partial charge in [-0.2, -0.15) is 5.26 Å². The van der Waals surface area contributed by atoms with Crippen molar-refractivity contribution in [2.75, 3.05) is 0 Å². The molecule has 3 rings (SSSR count). The minimum absolute atomic E-state index is 0.179. The highest BCUT2D eigenvalue weighted by molar-refractivity contribution is 5.98. The van der Waals surface area contributed by atoms with Gasteiger partial charge in [0.15, 0.2) is 5.78 Å². The number of hydrogen-bond donors (Lipinski definition) is 1. The molecule has 0 radical (unpaired) electrons. The van der Waals surface area contributed by atoms with E-state index in [1.165, 1.54) is 16.8 Å². The summed E-state index contributed by atoms with van der Waals surface area (Å²) in [5, 5.41) is 18.2. The van der Waals surface area contributed by atoms with E-state index in [2.05, 4.69) is 6.07 Å². The fraction of sp³-hybridized carbons (Fsp3) is 0.0909. The van der Waals surface area contributed by atoms with Crippen LogP contribution in [0.25, 0.3) is 16.8 Å². The molecule has 0 aliphatic heterocycles. The molecular formula is C22H16N2O4. The Balaban J connectivity index is 2.23. The SMILES string of the molecule is N#Cc1ccccc1-c1cc(C(=O)CCC(=O)O)cn(-c2ccccc2)c1=O. The molecule has 0 amide bonds. The number of para-hydroxylation sites is 1. The van der Waals surface area contributed by atoms with Crippen LogP contribution in [0.4, 0.5) is 0 Å². The number of carbonyl (C=O) groups is 2. The van der Waals surface area contributed by atoms with Crippen molar-refractivity contribution >= 4 is 11.8 Å². The number of rotatable bonds is 6. The number of hydrogen-bond acceptors (Lipinski definition) is 4. The summed E-state index contributed by atoms with van der Waals surface area (Å²) >= 11 is 0. The number of nitriles is 1. The predicted molar refractivity (Wildman–Crippen MR) is 103 cm³/mol. The molecule has 1 aromatic heterocycles. The molecule has 1 heterocycles. The highest BCUT2D eigenvalue weighted by atomic mass is 16.4. The fourth-order valence-corrected chi connectivity index (χ4v) is 2.89. The van der Waals surface area contributed by atoms with Crippen LogP contribution in [0.1, 0.15) is 28.8 Å². The van der Waals surface area contributed by atoms with Crippen LogP contribution in [-0.4, -0.2) is 21.4 Å². The Hall–Kier alpha value is -3.98. The smallest absolute Gasteiger partial charge is 0.303 e. The van der Waals surface area contributed by atoms with Gasteiger partial charge < -0.3 is 5.11 Å². The van der Waals surface area contributed by atoms with Crippen molar-refractivity contribution in [3.05, 3.63) is 88.3 Å². The Morgan fingerprint density at radius 2 is 1.64 bits per heavy atom. The van der Waals surface area contributed by atoms with Crippen molar-refractivity contribution in [2.45, 2.75) is 12.8 Å².